The van der Waals surface area contributed by atoms with E-state index in [1.54, 1.807) is 38.1 Å². The molecule has 0 bridgehead atoms. The third-order valence-electron chi connectivity index (χ3n) is 4.95. The van der Waals surface area contributed by atoms with E-state index in [9.17, 15) is 29.4 Å². The van der Waals surface area contributed by atoms with Gasteiger partial charge in [0.05, 0.1) is 11.0 Å². The van der Waals surface area contributed by atoms with E-state index in [2.05, 4.69) is 15.3 Å². The summed E-state index contributed by atoms with van der Waals surface area (Å²) in [6, 6.07) is 4.54. The van der Waals surface area contributed by atoms with E-state index in [1.165, 1.54) is 16.7 Å². The molecular weight excluding hydrogens is 400 g/mol. The van der Waals surface area contributed by atoms with Gasteiger partial charge in [-0.25, -0.2) is 19.6 Å². The number of hydrogen-bond donors (Lipinski definition) is 3. The molecule has 29 heavy (non-hydrogen) atoms. The van der Waals surface area contributed by atoms with Crippen molar-refractivity contribution in [3.8, 4) is 0 Å². The third-order valence-corrected chi connectivity index (χ3v) is 6.52. The van der Waals surface area contributed by atoms with Crippen LogP contribution < -0.4 is 5.32 Å². The normalized spacial score (nSPS) is 24.7. The number of rotatable bonds is 4. The summed E-state index contributed by atoms with van der Waals surface area (Å²) in [5, 5.41) is 20.8. The van der Waals surface area contributed by atoms with Crippen LogP contribution in [0, 0.1) is 0 Å². The maximum atomic E-state index is 12.8. The molecule has 0 radical (unpaired) electrons. The first-order valence-corrected chi connectivity index (χ1v) is 9.53. The summed E-state index contributed by atoms with van der Waals surface area (Å²) in [4.78, 5) is 57.7. The van der Waals surface area contributed by atoms with Gasteiger partial charge >= 0.3 is 11.9 Å². The Hall–Kier alpha value is -3.21. The number of β-lactam (4-membered cyclic amide) rings is 1. The Morgan fingerprint density at radius 1 is 1.10 bits per heavy atom. The molecule has 150 valence electrons. The molecular formula is C18H16N4O6S. The summed E-state index contributed by atoms with van der Waals surface area (Å²) in [5.41, 5.74) is -0.261. The molecule has 3 unspecified atom stereocenters. The Morgan fingerprint density at radius 3 is 2.24 bits per heavy atom. The van der Waals surface area contributed by atoms with Gasteiger partial charge in [0.2, 0.25) is 5.91 Å². The van der Waals surface area contributed by atoms with Crippen LogP contribution >= 0.6 is 11.8 Å². The first-order valence-electron chi connectivity index (χ1n) is 8.65. The van der Waals surface area contributed by atoms with Crippen LogP contribution in [0.3, 0.4) is 0 Å². The fourth-order valence-electron chi connectivity index (χ4n) is 3.66. The third kappa shape index (κ3) is 2.89. The summed E-state index contributed by atoms with van der Waals surface area (Å²) in [6.45, 7) is 3.44. The molecule has 0 spiro atoms. The van der Waals surface area contributed by atoms with Gasteiger partial charge in [-0.15, -0.1) is 11.8 Å². The van der Waals surface area contributed by atoms with Crippen molar-refractivity contribution < 1.29 is 29.4 Å². The molecule has 0 aliphatic carbocycles. The lowest BCUT2D eigenvalue weighted by Crippen LogP contribution is -2.70. The molecule has 11 heteroatoms. The van der Waals surface area contributed by atoms with Crippen molar-refractivity contribution in [2.45, 2.75) is 36.1 Å². The number of aromatic nitrogens is 2. The van der Waals surface area contributed by atoms with Gasteiger partial charge in [0.15, 0.2) is 11.4 Å². The molecule has 2 aliphatic heterocycles. The number of carbonyl (C=O) groups is 4. The topological polar surface area (TPSA) is 150 Å². The van der Waals surface area contributed by atoms with Crippen LogP contribution in [0.5, 0.6) is 0 Å². The Kier molecular flexibility index (Phi) is 4.23. The van der Waals surface area contributed by atoms with Gasteiger partial charge in [0.1, 0.15) is 17.5 Å². The number of fused-ring (bicyclic) bond motifs is 2. The predicted octanol–water partition coefficient (Wildman–Crippen LogP) is 0.573. The number of nitrogens with one attached hydrogen (secondary N) is 1. The zero-order chi connectivity index (χ0) is 21.1. The molecule has 0 saturated carbocycles. The largest absolute Gasteiger partial charge is 0.480 e. The number of thioether (sulfide) groups is 1. The molecule has 2 saturated heterocycles. The van der Waals surface area contributed by atoms with Crippen molar-refractivity contribution in [1.82, 2.24) is 20.2 Å². The summed E-state index contributed by atoms with van der Waals surface area (Å²) < 4.78 is -0.735. The first kappa shape index (κ1) is 19.1. The molecule has 2 aliphatic rings. The summed E-state index contributed by atoms with van der Waals surface area (Å²) in [6.07, 6.45) is 0. The van der Waals surface area contributed by atoms with E-state index < -0.39 is 57.3 Å². The van der Waals surface area contributed by atoms with E-state index in [-0.39, 0.29) is 0 Å². The highest BCUT2D eigenvalue weighted by atomic mass is 32.2. The number of para-hydroxylation sites is 2. The van der Waals surface area contributed by atoms with Gasteiger partial charge < -0.3 is 20.4 Å². The molecule has 1 aromatic carbocycles. The van der Waals surface area contributed by atoms with E-state index in [4.69, 9.17) is 0 Å². The minimum atomic E-state index is -1.42. The Balaban J connectivity index is 1.63. The van der Waals surface area contributed by atoms with Crippen LogP contribution in [0.15, 0.2) is 24.3 Å². The molecule has 10 nitrogen and oxygen atoms in total. The Morgan fingerprint density at radius 2 is 1.69 bits per heavy atom. The number of amides is 2. The number of aromatic carboxylic acids is 1. The van der Waals surface area contributed by atoms with Gasteiger partial charge in [-0.05, 0) is 26.0 Å². The second-order valence-corrected chi connectivity index (χ2v) is 9.03. The molecule has 3 heterocycles. The Bertz CT molecular complexity index is 1090. The standard InChI is InChI=1S/C18H16N4O6S/c1-18(2)12(17(27)28)22-14(24)11(15(22)29-18)21-13(23)9-10(16(25)26)20-8-6-4-3-5-7(8)19-9/h3-6,11-12,15H,1-2H3,(H,21,23)(H,25,26)(H,27,28). The number of aliphatic carboxylic acids is 1. The number of carboxylic acid groups (broad SMARTS) is 2. The van der Waals surface area contributed by atoms with Crippen molar-refractivity contribution in [2.24, 2.45) is 0 Å². The van der Waals surface area contributed by atoms with E-state index in [0.29, 0.717) is 11.0 Å². The average Bonchev–Trinajstić information content (AvgIpc) is 2.92. The lowest BCUT2D eigenvalue weighted by atomic mass is 9.96. The molecule has 1 aromatic heterocycles. The number of benzene rings is 1. The average molecular weight is 416 g/mol. The zero-order valence-electron chi connectivity index (χ0n) is 15.3. The van der Waals surface area contributed by atoms with Crippen LogP contribution in [0.1, 0.15) is 34.8 Å². The number of carbonyl (C=O) groups excluding carboxylic acids is 2. The van der Waals surface area contributed by atoms with Gasteiger partial charge in [0.25, 0.3) is 5.91 Å². The number of nitrogens with zero attached hydrogens (tertiary/aromatic N) is 3. The van der Waals surface area contributed by atoms with Gasteiger partial charge in [-0.1, -0.05) is 12.1 Å². The van der Waals surface area contributed by atoms with Crippen molar-refractivity contribution in [1.29, 1.82) is 0 Å². The summed E-state index contributed by atoms with van der Waals surface area (Å²) in [7, 11) is 0. The second-order valence-electron chi connectivity index (χ2n) is 7.26. The van der Waals surface area contributed by atoms with Crippen molar-refractivity contribution in [2.75, 3.05) is 0 Å². The molecule has 3 N–H and O–H groups in total. The quantitative estimate of drug-likeness (QED) is 0.608. The van der Waals surface area contributed by atoms with Crippen molar-refractivity contribution in [3.05, 3.63) is 35.7 Å². The lowest BCUT2D eigenvalue weighted by Gasteiger charge is -2.43. The SMILES string of the molecule is CC1(C)SC2C(NC(=O)c3nc4ccccc4nc3C(=O)O)C(=O)N2C1C(=O)O. The van der Waals surface area contributed by atoms with E-state index >= 15 is 0 Å². The van der Waals surface area contributed by atoms with E-state index in [0.717, 1.165) is 0 Å². The molecule has 4 rings (SSSR count). The van der Waals surface area contributed by atoms with Crippen LogP contribution in [-0.4, -0.2) is 71.0 Å². The number of hydrogen-bond acceptors (Lipinski definition) is 7. The van der Waals surface area contributed by atoms with Gasteiger partial charge in [-0.2, -0.15) is 0 Å². The van der Waals surface area contributed by atoms with Crippen molar-refractivity contribution in [3.63, 3.8) is 0 Å². The highest BCUT2D eigenvalue weighted by Gasteiger charge is 2.64. The zero-order valence-corrected chi connectivity index (χ0v) is 16.1. The fourth-order valence-corrected chi connectivity index (χ4v) is 5.29. The minimum absolute atomic E-state index is 0.324. The first-order chi connectivity index (χ1) is 13.6. The minimum Gasteiger partial charge on any atom is -0.480 e. The smallest absolute Gasteiger partial charge is 0.357 e. The highest BCUT2D eigenvalue weighted by Crippen LogP contribution is 2.50. The maximum Gasteiger partial charge on any atom is 0.357 e. The fraction of sp³-hybridized carbons (Fsp3) is 0.333. The van der Waals surface area contributed by atoms with Crippen LogP contribution in [0.2, 0.25) is 0 Å². The summed E-state index contributed by atoms with van der Waals surface area (Å²) in [5.74, 6) is -3.91. The number of carboxylic acids is 2. The van der Waals surface area contributed by atoms with Crippen LogP contribution in [0.25, 0.3) is 11.0 Å². The molecule has 3 atom stereocenters. The maximum absolute atomic E-state index is 12.8. The van der Waals surface area contributed by atoms with Crippen LogP contribution in [0.4, 0.5) is 0 Å². The molecule has 2 aromatic rings. The van der Waals surface area contributed by atoms with Gasteiger partial charge in [-0.3, -0.25) is 9.59 Å². The van der Waals surface area contributed by atoms with E-state index in [1.807, 2.05) is 0 Å². The second kappa shape index (κ2) is 6.41. The molecule has 2 fully saturated rings. The lowest BCUT2D eigenvalue weighted by molar-refractivity contribution is -0.159. The predicted molar refractivity (Wildman–Crippen MR) is 101 cm³/mol. The monoisotopic (exact) mass is 416 g/mol. The summed E-state index contributed by atoms with van der Waals surface area (Å²) >= 11 is 1.27. The van der Waals surface area contributed by atoms with Crippen molar-refractivity contribution >= 4 is 46.5 Å². The van der Waals surface area contributed by atoms with Gasteiger partial charge in [0, 0.05) is 4.75 Å². The Labute approximate surface area is 168 Å². The highest BCUT2D eigenvalue weighted by molar-refractivity contribution is 8.01. The van der Waals surface area contributed by atoms with Crippen LogP contribution in [-0.2, 0) is 9.59 Å². The molecule has 2 amide bonds.